The molecule has 0 saturated carbocycles. The van der Waals surface area contributed by atoms with Gasteiger partial charge in [-0.3, -0.25) is 0 Å². The number of nitrogens with zero attached hydrogens (tertiary/aromatic N) is 1. The van der Waals surface area contributed by atoms with Gasteiger partial charge in [-0.25, -0.2) is 4.98 Å². The van der Waals surface area contributed by atoms with Crippen LogP contribution in [-0.2, 0) is 0 Å². The van der Waals surface area contributed by atoms with E-state index in [1.807, 2.05) is 0 Å². The van der Waals surface area contributed by atoms with Crippen molar-refractivity contribution in [2.24, 2.45) is 0 Å². The third-order valence-corrected chi connectivity index (χ3v) is 3.98. The zero-order valence-electron chi connectivity index (χ0n) is 9.63. The molecule has 1 saturated heterocycles. The normalized spacial score (nSPS) is 26.6. The minimum absolute atomic E-state index is 0.589. The van der Waals surface area contributed by atoms with Gasteiger partial charge in [-0.2, -0.15) is 0 Å². The number of anilines is 1. The molecule has 0 aliphatic carbocycles. The number of hydrogen-bond acceptors (Lipinski definition) is 4. The minimum Gasteiger partial charge on any atom is -0.359 e. The number of aryl methyl sites for hydroxylation is 2. The molecule has 2 unspecified atom stereocenters. The molecular formula is C11H19N3S. The molecule has 1 aromatic rings. The molecule has 0 spiro atoms. The van der Waals surface area contributed by atoms with Crippen molar-refractivity contribution >= 4 is 16.5 Å². The fourth-order valence-electron chi connectivity index (χ4n) is 1.97. The van der Waals surface area contributed by atoms with Crippen molar-refractivity contribution in [1.29, 1.82) is 0 Å². The molecule has 0 amide bonds. The first-order valence-electron chi connectivity index (χ1n) is 5.59. The van der Waals surface area contributed by atoms with Crippen molar-refractivity contribution in [3.05, 3.63) is 10.6 Å². The molecule has 0 radical (unpaired) electrons. The highest BCUT2D eigenvalue weighted by Gasteiger charge is 2.18. The van der Waals surface area contributed by atoms with Crippen molar-refractivity contribution in [3.63, 3.8) is 0 Å². The van der Waals surface area contributed by atoms with E-state index >= 15 is 0 Å². The highest BCUT2D eigenvalue weighted by molar-refractivity contribution is 7.15. The monoisotopic (exact) mass is 225 g/mol. The van der Waals surface area contributed by atoms with Gasteiger partial charge in [0.25, 0.3) is 0 Å². The second-order valence-corrected chi connectivity index (χ2v) is 5.58. The van der Waals surface area contributed by atoms with E-state index in [2.05, 4.69) is 36.4 Å². The molecular weight excluding hydrogens is 206 g/mol. The molecule has 1 aromatic heterocycles. The van der Waals surface area contributed by atoms with Crippen LogP contribution in [0, 0.1) is 13.8 Å². The topological polar surface area (TPSA) is 37.0 Å². The van der Waals surface area contributed by atoms with Gasteiger partial charge >= 0.3 is 0 Å². The number of nitrogens with one attached hydrogen (secondary N) is 2. The number of aromatic nitrogens is 1. The summed E-state index contributed by atoms with van der Waals surface area (Å²) in [5.41, 5.74) is 1.16. The van der Waals surface area contributed by atoms with Gasteiger partial charge in [0, 0.05) is 17.0 Å². The lowest BCUT2D eigenvalue weighted by molar-refractivity contribution is 0.396. The Hall–Kier alpha value is -0.610. The van der Waals surface area contributed by atoms with E-state index in [-0.39, 0.29) is 0 Å². The van der Waals surface area contributed by atoms with Crippen molar-refractivity contribution in [3.8, 4) is 0 Å². The van der Waals surface area contributed by atoms with Crippen LogP contribution >= 0.6 is 11.3 Å². The first kappa shape index (κ1) is 10.9. The summed E-state index contributed by atoms with van der Waals surface area (Å²) >= 11 is 1.77. The molecule has 2 N–H and O–H groups in total. The smallest absolute Gasteiger partial charge is 0.183 e. The Morgan fingerprint density at radius 3 is 2.87 bits per heavy atom. The van der Waals surface area contributed by atoms with Gasteiger partial charge in [-0.1, -0.05) is 0 Å². The van der Waals surface area contributed by atoms with Crippen LogP contribution < -0.4 is 10.6 Å². The molecule has 15 heavy (non-hydrogen) atoms. The first-order chi connectivity index (χ1) is 7.15. The van der Waals surface area contributed by atoms with Gasteiger partial charge in [0.05, 0.1) is 5.69 Å². The lowest BCUT2D eigenvalue weighted by Gasteiger charge is -2.28. The minimum atomic E-state index is 0.589. The van der Waals surface area contributed by atoms with Crippen molar-refractivity contribution in [2.45, 2.75) is 45.7 Å². The van der Waals surface area contributed by atoms with Gasteiger partial charge in [-0.15, -0.1) is 11.3 Å². The van der Waals surface area contributed by atoms with Crippen LogP contribution in [0.3, 0.4) is 0 Å². The molecule has 0 bridgehead atoms. The summed E-state index contributed by atoms with van der Waals surface area (Å²) in [5.74, 6) is 0. The van der Waals surface area contributed by atoms with E-state index in [4.69, 9.17) is 0 Å². The van der Waals surface area contributed by atoms with Crippen molar-refractivity contribution < 1.29 is 0 Å². The highest BCUT2D eigenvalue weighted by atomic mass is 32.1. The van der Waals surface area contributed by atoms with E-state index in [9.17, 15) is 0 Å². The largest absolute Gasteiger partial charge is 0.359 e. The van der Waals surface area contributed by atoms with Crippen LogP contribution in [0.15, 0.2) is 0 Å². The molecule has 84 valence electrons. The third-order valence-electron chi connectivity index (χ3n) is 2.98. The van der Waals surface area contributed by atoms with Crippen LogP contribution in [0.25, 0.3) is 0 Å². The molecule has 1 aliphatic heterocycles. The average Bonchev–Trinajstić information content (AvgIpc) is 2.45. The number of rotatable bonds is 2. The quantitative estimate of drug-likeness (QED) is 0.811. The number of piperidine rings is 1. The Morgan fingerprint density at radius 2 is 2.27 bits per heavy atom. The summed E-state index contributed by atoms with van der Waals surface area (Å²) in [7, 11) is 0. The molecule has 0 aromatic carbocycles. The van der Waals surface area contributed by atoms with Crippen molar-refractivity contribution in [1.82, 2.24) is 10.3 Å². The van der Waals surface area contributed by atoms with Gasteiger partial charge in [-0.05, 0) is 40.2 Å². The SMILES string of the molecule is Cc1nc(NC2CCNC(C)C2)sc1C. The fraction of sp³-hybridized carbons (Fsp3) is 0.727. The second-order valence-electron chi connectivity index (χ2n) is 4.38. The van der Waals surface area contributed by atoms with E-state index < -0.39 is 0 Å². The highest BCUT2D eigenvalue weighted by Crippen LogP contribution is 2.23. The maximum atomic E-state index is 4.52. The zero-order valence-corrected chi connectivity index (χ0v) is 10.4. The van der Waals surface area contributed by atoms with Crippen LogP contribution in [0.2, 0.25) is 0 Å². The van der Waals surface area contributed by atoms with Gasteiger partial charge in [0.1, 0.15) is 0 Å². The van der Waals surface area contributed by atoms with E-state index in [0.717, 1.165) is 17.4 Å². The molecule has 1 aliphatic rings. The molecule has 2 heterocycles. The third kappa shape index (κ3) is 2.69. The Kier molecular flexibility index (Phi) is 3.26. The summed E-state index contributed by atoms with van der Waals surface area (Å²) in [6.07, 6.45) is 2.39. The van der Waals surface area contributed by atoms with Gasteiger partial charge < -0.3 is 10.6 Å². The standard InChI is InChI=1S/C11H19N3S/c1-7-6-10(4-5-12-7)14-11-13-8(2)9(3)15-11/h7,10,12H,4-6H2,1-3H3,(H,13,14). The summed E-state index contributed by atoms with van der Waals surface area (Å²) in [4.78, 5) is 5.84. The predicted molar refractivity (Wildman–Crippen MR) is 65.7 cm³/mol. The summed E-state index contributed by atoms with van der Waals surface area (Å²) in [6, 6.07) is 1.21. The zero-order chi connectivity index (χ0) is 10.8. The van der Waals surface area contributed by atoms with Gasteiger partial charge in [0.2, 0.25) is 0 Å². The lowest BCUT2D eigenvalue weighted by Crippen LogP contribution is -2.41. The van der Waals surface area contributed by atoms with E-state index in [1.165, 1.54) is 17.7 Å². The Balaban J connectivity index is 1.96. The van der Waals surface area contributed by atoms with Crippen LogP contribution in [0.1, 0.15) is 30.3 Å². The fourth-order valence-corrected chi connectivity index (χ4v) is 2.86. The second kappa shape index (κ2) is 4.49. The number of hydrogen-bond donors (Lipinski definition) is 2. The predicted octanol–water partition coefficient (Wildman–Crippen LogP) is 2.31. The molecule has 3 nitrogen and oxygen atoms in total. The molecule has 2 atom stereocenters. The van der Waals surface area contributed by atoms with E-state index in [1.54, 1.807) is 11.3 Å². The van der Waals surface area contributed by atoms with Gasteiger partial charge in [0.15, 0.2) is 5.13 Å². The molecule has 2 rings (SSSR count). The lowest BCUT2D eigenvalue weighted by atomic mass is 10.0. The van der Waals surface area contributed by atoms with Crippen LogP contribution in [0.5, 0.6) is 0 Å². The summed E-state index contributed by atoms with van der Waals surface area (Å²) in [6.45, 7) is 7.56. The molecule has 4 heteroatoms. The summed E-state index contributed by atoms with van der Waals surface area (Å²) in [5, 5.41) is 8.08. The average molecular weight is 225 g/mol. The van der Waals surface area contributed by atoms with Crippen molar-refractivity contribution in [2.75, 3.05) is 11.9 Å². The Labute approximate surface area is 95.3 Å². The van der Waals surface area contributed by atoms with Crippen LogP contribution in [-0.4, -0.2) is 23.6 Å². The maximum Gasteiger partial charge on any atom is 0.183 e. The number of thiazole rings is 1. The molecule has 1 fully saturated rings. The van der Waals surface area contributed by atoms with Crippen LogP contribution in [0.4, 0.5) is 5.13 Å². The maximum absolute atomic E-state index is 4.52. The summed E-state index contributed by atoms with van der Waals surface area (Å²) < 4.78 is 0. The van der Waals surface area contributed by atoms with E-state index in [0.29, 0.717) is 12.1 Å². The Morgan fingerprint density at radius 1 is 1.47 bits per heavy atom. The first-order valence-corrected chi connectivity index (χ1v) is 6.40. The Bertz CT molecular complexity index is 315.